The highest BCUT2D eigenvalue weighted by Crippen LogP contribution is 2.36. The number of benzene rings is 5. The molecule has 0 bridgehead atoms. The topological polar surface area (TPSA) is 145 Å². The van der Waals surface area contributed by atoms with Gasteiger partial charge in [-0.2, -0.15) is 0 Å². The minimum absolute atomic E-state index is 0.181. The van der Waals surface area contributed by atoms with Gasteiger partial charge in [0.05, 0.1) is 28.5 Å². The molecule has 0 saturated carbocycles. The number of aromatic nitrogens is 3. The lowest BCUT2D eigenvalue weighted by atomic mass is 9.96. The van der Waals surface area contributed by atoms with Crippen molar-refractivity contribution in [3.8, 4) is 11.3 Å². The van der Waals surface area contributed by atoms with E-state index in [-0.39, 0.29) is 22.3 Å². The molecule has 7 rings (SSSR count). The van der Waals surface area contributed by atoms with E-state index in [1.165, 1.54) is 4.68 Å². The molecule has 0 N–H and O–H groups in total. The van der Waals surface area contributed by atoms with E-state index in [0.29, 0.717) is 5.69 Å². The van der Waals surface area contributed by atoms with Crippen molar-refractivity contribution < 1.29 is 42.9 Å². The van der Waals surface area contributed by atoms with E-state index in [1.807, 2.05) is 30.3 Å². The van der Waals surface area contributed by atoms with Gasteiger partial charge in [-0.1, -0.05) is 108 Å². The summed E-state index contributed by atoms with van der Waals surface area (Å²) in [5, 5.41) is 8.65. The average molecular weight is 724 g/mol. The number of rotatable bonds is 11. The van der Waals surface area contributed by atoms with E-state index in [9.17, 15) is 19.2 Å². The molecule has 5 atom stereocenters. The molecule has 0 spiro atoms. The lowest BCUT2D eigenvalue weighted by Gasteiger charge is -2.44. The first-order valence-electron chi connectivity index (χ1n) is 17.1. The van der Waals surface area contributed by atoms with Crippen molar-refractivity contribution in [2.75, 3.05) is 6.61 Å². The first-order valence-corrected chi connectivity index (χ1v) is 17.1. The van der Waals surface area contributed by atoms with Crippen LogP contribution in [0.2, 0.25) is 0 Å². The van der Waals surface area contributed by atoms with Gasteiger partial charge in [-0.25, -0.2) is 23.9 Å². The first kappa shape index (κ1) is 35.5. The van der Waals surface area contributed by atoms with Gasteiger partial charge in [0.15, 0.2) is 24.5 Å². The Morgan fingerprint density at radius 1 is 0.519 bits per heavy atom. The van der Waals surface area contributed by atoms with E-state index in [4.69, 9.17) is 23.7 Å². The Morgan fingerprint density at radius 3 is 1.41 bits per heavy atom. The van der Waals surface area contributed by atoms with E-state index in [1.54, 1.807) is 128 Å². The molecule has 0 radical (unpaired) electrons. The van der Waals surface area contributed by atoms with Gasteiger partial charge in [-0.05, 0) is 48.5 Å². The maximum absolute atomic E-state index is 13.8. The molecule has 1 aliphatic heterocycles. The lowest BCUT2D eigenvalue weighted by molar-refractivity contribution is -0.252. The summed E-state index contributed by atoms with van der Waals surface area (Å²) in [5.41, 5.74) is 2.05. The SMILES string of the molecule is O=C(OC[C@H]1OC(n2cc(-c3ccccc3)nn2)[C@H](OC(=O)c2ccccc2)[C@@H](OC(=O)c2ccccc2)[C@@H]1OC(=O)c1ccccc1)c1ccccc1. The van der Waals surface area contributed by atoms with Crippen LogP contribution in [-0.4, -0.2) is 69.9 Å². The highest BCUT2D eigenvalue weighted by Gasteiger charge is 2.54. The molecular formula is C42H33N3O9. The summed E-state index contributed by atoms with van der Waals surface area (Å²) in [6.07, 6.45) is -5.51. The second kappa shape index (κ2) is 16.6. The molecule has 6 aromatic rings. The van der Waals surface area contributed by atoms with Crippen LogP contribution in [0.25, 0.3) is 11.3 Å². The van der Waals surface area contributed by atoms with Crippen molar-refractivity contribution in [2.24, 2.45) is 0 Å². The Labute approximate surface area is 309 Å². The van der Waals surface area contributed by atoms with Crippen LogP contribution < -0.4 is 0 Å². The summed E-state index contributed by atoms with van der Waals surface area (Å²) in [6.45, 7) is -0.462. The summed E-state index contributed by atoms with van der Waals surface area (Å²) in [7, 11) is 0. The van der Waals surface area contributed by atoms with Crippen molar-refractivity contribution in [2.45, 2.75) is 30.6 Å². The van der Waals surface area contributed by atoms with Gasteiger partial charge in [0.2, 0.25) is 0 Å². The molecule has 2 heterocycles. The quantitative estimate of drug-likeness (QED) is 0.109. The van der Waals surface area contributed by atoms with Crippen LogP contribution in [-0.2, 0) is 23.7 Å². The Hall–Kier alpha value is -6.92. The number of carbonyl (C=O) groups excluding carboxylic acids is 4. The number of hydrogen-bond acceptors (Lipinski definition) is 11. The van der Waals surface area contributed by atoms with Crippen LogP contribution in [0.15, 0.2) is 158 Å². The molecule has 5 aromatic carbocycles. The maximum atomic E-state index is 13.8. The molecule has 1 fully saturated rings. The minimum Gasteiger partial charge on any atom is -0.459 e. The molecule has 1 aromatic heterocycles. The highest BCUT2D eigenvalue weighted by molar-refractivity contribution is 5.91. The van der Waals surface area contributed by atoms with Crippen molar-refractivity contribution in [1.82, 2.24) is 15.0 Å². The van der Waals surface area contributed by atoms with Crippen LogP contribution in [0.5, 0.6) is 0 Å². The second-order valence-corrected chi connectivity index (χ2v) is 12.2. The van der Waals surface area contributed by atoms with E-state index >= 15 is 0 Å². The largest absolute Gasteiger partial charge is 0.459 e. The first-order chi connectivity index (χ1) is 26.4. The maximum Gasteiger partial charge on any atom is 0.338 e. The fourth-order valence-electron chi connectivity index (χ4n) is 5.90. The normalized spacial score (nSPS) is 19.2. The third-order valence-corrected chi connectivity index (χ3v) is 8.60. The van der Waals surface area contributed by atoms with Gasteiger partial charge in [0.1, 0.15) is 18.4 Å². The summed E-state index contributed by atoms with van der Waals surface area (Å²) in [4.78, 5) is 54.5. The molecule has 1 aliphatic rings. The summed E-state index contributed by atoms with van der Waals surface area (Å²) < 4.78 is 32.0. The standard InChI is InChI=1S/C42H33N3O9/c46-39(29-18-8-2-9-19-29)50-27-34-35(52-40(47)30-20-10-3-11-21-30)36(53-41(48)31-22-12-4-13-23-31)37(54-42(49)32-24-14-5-15-25-32)38(51-34)45-26-33(43-44-45)28-16-6-1-7-17-28/h1-26,34-38H,27H2/t34-,35-,36+,37-,38?/m1/s1. The lowest BCUT2D eigenvalue weighted by Crippen LogP contribution is -2.61. The molecule has 54 heavy (non-hydrogen) atoms. The zero-order valence-corrected chi connectivity index (χ0v) is 28.6. The molecule has 1 saturated heterocycles. The summed E-state index contributed by atoms with van der Waals surface area (Å²) in [5.74, 6) is -3.04. The Kier molecular flexibility index (Phi) is 10.9. The second-order valence-electron chi connectivity index (χ2n) is 12.2. The fraction of sp³-hybridized carbons (Fsp3) is 0.143. The van der Waals surface area contributed by atoms with E-state index in [0.717, 1.165) is 5.56 Å². The molecule has 0 aliphatic carbocycles. The van der Waals surface area contributed by atoms with Crippen molar-refractivity contribution in [3.63, 3.8) is 0 Å². The number of hydrogen-bond donors (Lipinski definition) is 0. The van der Waals surface area contributed by atoms with Gasteiger partial charge < -0.3 is 23.7 Å². The molecule has 0 amide bonds. The number of esters is 4. The zero-order chi connectivity index (χ0) is 37.3. The van der Waals surface area contributed by atoms with E-state index in [2.05, 4.69) is 10.3 Å². The van der Waals surface area contributed by atoms with Crippen molar-refractivity contribution in [3.05, 3.63) is 180 Å². The molecule has 12 heteroatoms. The fourth-order valence-corrected chi connectivity index (χ4v) is 5.90. The van der Waals surface area contributed by atoms with Crippen molar-refractivity contribution >= 4 is 23.9 Å². The minimum atomic E-state index is -1.53. The molecule has 1 unspecified atom stereocenters. The molecular weight excluding hydrogens is 690 g/mol. The number of ether oxygens (including phenoxy) is 5. The van der Waals surface area contributed by atoms with Crippen molar-refractivity contribution in [1.29, 1.82) is 0 Å². The zero-order valence-electron chi connectivity index (χ0n) is 28.6. The highest BCUT2D eigenvalue weighted by atomic mass is 16.7. The molecule has 270 valence electrons. The monoisotopic (exact) mass is 723 g/mol. The van der Waals surface area contributed by atoms with Crippen LogP contribution >= 0.6 is 0 Å². The average Bonchev–Trinajstić information content (AvgIpc) is 3.73. The Bertz CT molecular complexity index is 2180. The third kappa shape index (κ3) is 8.24. The summed E-state index contributed by atoms with van der Waals surface area (Å²) >= 11 is 0. The van der Waals surface area contributed by atoms with Crippen LogP contribution in [0.3, 0.4) is 0 Å². The van der Waals surface area contributed by atoms with E-state index < -0.39 is 61.1 Å². The number of carbonyl (C=O) groups is 4. The summed E-state index contributed by atoms with van der Waals surface area (Å²) in [6, 6.07) is 42.1. The Morgan fingerprint density at radius 2 is 0.926 bits per heavy atom. The third-order valence-electron chi connectivity index (χ3n) is 8.60. The molecule has 12 nitrogen and oxygen atoms in total. The predicted molar refractivity (Wildman–Crippen MR) is 193 cm³/mol. The van der Waals surface area contributed by atoms with Crippen LogP contribution in [0.4, 0.5) is 0 Å². The van der Waals surface area contributed by atoms with Gasteiger partial charge >= 0.3 is 23.9 Å². The number of nitrogens with zero attached hydrogens (tertiary/aromatic N) is 3. The van der Waals surface area contributed by atoms with Gasteiger partial charge in [0.25, 0.3) is 0 Å². The van der Waals surface area contributed by atoms with Gasteiger partial charge in [0, 0.05) is 5.56 Å². The Balaban J connectivity index is 1.32. The van der Waals surface area contributed by atoms with Crippen LogP contribution in [0.1, 0.15) is 47.7 Å². The smallest absolute Gasteiger partial charge is 0.338 e. The van der Waals surface area contributed by atoms with Crippen LogP contribution in [0, 0.1) is 0 Å². The van der Waals surface area contributed by atoms with Gasteiger partial charge in [-0.15, -0.1) is 5.10 Å². The van der Waals surface area contributed by atoms with Gasteiger partial charge in [-0.3, -0.25) is 0 Å². The predicted octanol–water partition coefficient (Wildman–Crippen LogP) is 6.38.